The summed E-state index contributed by atoms with van der Waals surface area (Å²) in [7, 11) is -3.64. The van der Waals surface area contributed by atoms with E-state index in [1.807, 2.05) is 0 Å². The van der Waals surface area contributed by atoms with Crippen LogP contribution in [-0.4, -0.2) is 42.8 Å². The molecule has 2 N–H and O–H groups in total. The molecule has 0 spiro atoms. The van der Waals surface area contributed by atoms with Crippen LogP contribution >= 0.6 is 11.8 Å². The molecule has 7 heteroatoms. The van der Waals surface area contributed by atoms with Crippen molar-refractivity contribution < 1.29 is 18.3 Å². The molecule has 0 amide bonds. The summed E-state index contributed by atoms with van der Waals surface area (Å²) >= 11 is 1.79. The second kappa shape index (κ2) is 4.99. The van der Waals surface area contributed by atoms with Crippen LogP contribution < -0.4 is 4.72 Å². The molecule has 0 aliphatic carbocycles. The first-order valence-corrected chi connectivity index (χ1v) is 7.10. The lowest BCUT2D eigenvalue weighted by Crippen LogP contribution is -2.40. The number of rotatable bonds is 4. The Bertz CT molecular complexity index is 295. The van der Waals surface area contributed by atoms with Crippen LogP contribution in [-0.2, 0) is 14.8 Å². The molecule has 1 aliphatic heterocycles. The molecule has 82 valence electrons. The summed E-state index contributed by atoms with van der Waals surface area (Å²) in [5.41, 5.74) is 0. The number of carboxylic acids is 1. The van der Waals surface area contributed by atoms with Crippen molar-refractivity contribution in [2.24, 2.45) is 0 Å². The van der Waals surface area contributed by atoms with Crippen LogP contribution in [0.1, 0.15) is 12.8 Å². The molecule has 1 fully saturated rings. The van der Waals surface area contributed by atoms with Crippen molar-refractivity contribution in [3.05, 3.63) is 0 Å². The van der Waals surface area contributed by atoms with Gasteiger partial charge in [-0.1, -0.05) is 0 Å². The van der Waals surface area contributed by atoms with E-state index in [1.54, 1.807) is 11.8 Å². The molecule has 0 bridgehead atoms. The minimum absolute atomic E-state index is 0.0828. The van der Waals surface area contributed by atoms with Crippen molar-refractivity contribution in [2.75, 3.05) is 17.3 Å². The van der Waals surface area contributed by atoms with E-state index in [2.05, 4.69) is 4.72 Å². The summed E-state index contributed by atoms with van der Waals surface area (Å²) in [5.74, 6) is -0.292. The molecule has 1 heterocycles. The van der Waals surface area contributed by atoms with E-state index in [1.165, 1.54) is 0 Å². The van der Waals surface area contributed by atoms with Gasteiger partial charge in [-0.3, -0.25) is 4.79 Å². The maximum Gasteiger partial charge on any atom is 0.320 e. The molecule has 0 aromatic rings. The molecule has 0 atom stereocenters. The van der Waals surface area contributed by atoms with Crippen molar-refractivity contribution >= 4 is 27.8 Å². The summed E-state index contributed by atoms with van der Waals surface area (Å²) in [6, 6.07) is -0.0828. The average molecular weight is 239 g/mol. The van der Waals surface area contributed by atoms with Gasteiger partial charge in [-0.25, -0.2) is 13.1 Å². The Morgan fingerprint density at radius 2 is 2.00 bits per heavy atom. The van der Waals surface area contributed by atoms with Crippen LogP contribution in [0, 0.1) is 0 Å². The number of hydrogen-bond donors (Lipinski definition) is 2. The normalized spacial score (nSPS) is 19.4. The predicted molar refractivity (Wildman–Crippen MR) is 54.9 cm³/mol. The van der Waals surface area contributed by atoms with Gasteiger partial charge in [0.2, 0.25) is 10.0 Å². The maximum atomic E-state index is 11.2. The van der Waals surface area contributed by atoms with Crippen molar-refractivity contribution in [3.8, 4) is 0 Å². The van der Waals surface area contributed by atoms with Gasteiger partial charge in [-0.05, 0) is 24.3 Å². The Kier molecular flexibility index (Phi) is 4.21. The van der Waals surface area contributed by atoms with Gasteiger partial charge in [0.25, 0.3) is 0 Å². The Hall–Kier alpha value is -0.270. The standard InChI is InChI=1S/C7H13NO4S2/c9-7(10)5-14(11,12)8-6-1-3-13-4-2-6/h6,8H,1-5H2,(H,9,10). The van der Waals surface area contributed by atoms with Crippen molar-refractivity contribution in [3.63, 3.8) is 0 Å². The van der Waals surface area contributed by atoms with E-state index >= 15 is 0 Å². The van der Waals surface area contributed by atoms with Crippen LogP contribution in [0.2, 0.25) is 0 Å². The highest BCUT2D eigenvalue weighted by Crippen LogP contribution is 2.17. The molecule has 1 rings (SSSR count). The van der Waals surface area contributed by atoms with Crippen LogP contribution in [0.5, 0.6) is 0 Å². The fourth-order valence-electron chi connectivity index (χ4n) is 1.27. The van der Waals surface area contributed by atoms with E-state index in [9.17, 15) is 13.2 Å². The highest BCUT2D eigenvalue weighted by atomic mass is 32.2. The first-order valence-electron chi connectivity index (χ1n) is 4.29. The number of hydrogen-bond acceptors (Lipinski definition) is 4. The third-order valence-corrected chi connectivity index (χ3v) is 4.25. The van der Waals surface area contributed by atoms with Crippen LogP contribution in [0.3, 0.4) is 0 Å². The summed E-state index contributed by atoms with van der Waals surface area (Å²) in [5, 5.41) is 8.36. The molecule has 0 radical (unpaired) electrons. The quantitative estimate of drug-likeness (QED) is 0.715. The Morgan fingerprint density at radius 3 is 2.50 bits per heavy atom. The zero-order valence-electron chi connectivity index (χ0n) is 7.60. The summed E-state index contributed by atoms with van der Waals surface area (Å²) in [6.45, 7) is 0. The Labute approximate surface area is 87.3 Å². The highest BCUT2D eigenvalue weighted by Gasteiger charge is 2.22. The highest BCUT2D eigenvalue weighted by molar-refractivity contribution is 7.99. The van der Waals surface area contributed by atoms with Crippen molar-refractivity contribution in [2.45, 2.75) is 18.9 Å². The number of sulfonamides is 1. The lowest BCUT2D eigenvalue weighted by molar-refractivity contribution is -0.134. The van der Waals surface area contributed by atoms with Crippen LogP contribution in [0.25, 0.3) is 0 Å². The van der Waals surface area contributed by atoms with Gasteiger partial charge in [0.1, 0.15) is 0 Å². The molecular formula is C7H13NO4S2. The summed E-state index contributed by atoms with van der Waals surface area (Å²) in [6.07, 6.45) is 1.56. The topological polar surface area (TPSA) is 83.5 Å². The van der Waals surface area contributed by atoms with Crippen LogP contribution in [0.15, 0.2) is 0 Å². The van der Waals surface area contributed by atoms with E-state index in [-0.39, 0.29) is 6.04 Å². The Balaban J connectivity index is 2.45. The van der Waals surface area contributed by atoms with E-state index in [4.69, 9.17) is 5.11 Å². The third-order valence-electron chi connectivity index (χ3n) is 1.88. The molecule has 0 unspecified atom stereocenters. The summed E-state index contributed by atoms with van der Waals surface area (Å²) in [4.78, 5) is 10.2. The molecule has 14 heavy (non-hydrogen) atoms. The molecular weight excluding hydrogens is 226 g/mol. The number of aliphatic carboxylic acids is 1. The number of thioether (sulfide) groups is 1. The van der Waals surface area contributed by atoms with E-state index in [0.29, 0.717) is 0 Å². The van der Waals surface area contributed by atoms with Crippen molar-refractivity contribution in [1.29, 1.82) is 0 Å². The van der Waals surface area contributed by atoms with E-state index < -0.39 is 21.7 Å². The van der Waals surface area contributed by atoms with Gasteiger partial charge in [0.05, 0.1) is 0 Å². The first-order chi connectivity index (χ1) is 6.49. The molecule has 5 nitrogen and oxygen atoms in total. The number of carbonyl (C=O) groups is 1. The fourth-order valence-corrected chi connectivity index (χ4v) is 3.53. The zero-order valence-corrected chi connectivity index (χ0v) is 9.23. The lowest BCUT2D eigenvalue weighted by Gasteiger charge is -2.21. The number of nitrogens with one attached hydrogen (secondary N) is 1. The Morgan fingerprint density at radius 1 is 1.43 bits per heavy atom. The first kappa shape index (κ1) is 11.8. The molecule has 0 aromatic heterocycles. The van der Waals surface area contributed by atoms with Gasteiger partial charge in [0, 0.05) is 6.04 Å². The zero-order chi connectivity index (χ0) is 10.6. The monoisotopic (exact) mass is 239 g/mol. The third kappa shape index (κ3) is 4.30. The van der Waals surface area contributed by atoms with Gasteiger partial charge in [-0.2, -0.15) is 11.8 Å². The second-order valence-corrected chi connectivity index (χ2v) is 6.14. The summed E-state index contributed by atoms with van der Waals surface area (Å²) < 4.78 is 24.8. The smallest absolute Gasteiger partial charge is 0.320 e. The SMILES string of the molecule is O=C(O)CS(=O)(=O)NC1CCSCC1. The fraction of sp³-hybridized carbons (Fsp3) is 0.857. The van der Waals surface area contributed by atoms with Gasteiger partial charge >= 0.3 is 5.97 Å². The van der Waals surface area contributed by atoms with Crippen molar-refractivity contribution in [1.82, 2.24) is 4.72 Å². The minimum atomic E-state index is -3.64. The minimum Gasteiger partial charge on any atom is -0.480 e. The van der Waals surface area contributed by atoms with Gasteiger partial charge in [0.15, 0.2) is 5.75 Å². The second-order valence-electron chi connectivity index (χ2n) is 3.16. The molecule has 1 saturated heterocycles. The molecule has 1 aliphatic rings. The lowest BCUT2D eigenvalue weighted by atomic mass is 10.2. The predicted octanol–water partition coefficient (Wildman–Crippen LogP) is -0.114. The average Bonchev–Trinajstić information content (AvgIpc) is 2.02. The maximum absolute atomic E-state index is 11.2. The van der Waals surface area contributed by atoms with Gasteiger partial charge in [-0.15, -0.1) is 0 Å². The molecule has 0 saturated carbocycles. The van der Waals surface area contributed by atoms with E-state index in [0.717, 1.165) is 24.3 Å². The number of carboxylic acid groups (broad SMARTS) is 1. The van der Waals surface area contributed by atoms with Crippen LogP contribution in [0.4, 0.5) is 0 Å². The molecule has 0 aromatic carbocycles. The largest absolute Gasteiger partial charge is 0.480 e. The van der Waals surface area contributed by atoms with Gasteiger partial charge < -0.3 is 5.11 Å².